The number of carbonyl (C=O) groups excluding carboxylic acids is 1. The Kier molecular flexibility index (Phi) is 7.04. The van der Waals surface area contributed by atoms with Crippen LogP contribution in [0.2, 0.25) is 0 Å². The first-order valence-corrected chi connectivity index (χ1v) is 11.1. The third kappa shape index (κ3) is 5.10. The molecule has 0 bridgehead atoms. The summed E-state index contributed by atoms with van der Waals surface area (Å²) in [6.45, 7) is 0.316. The average molecular weight is 436 g/mol. The summed E-state index contributed by atoms with van der Waals surface area (Å²) >= 11 is 0. The zero-order valence-electron chi connectivity index (χ0n) is 18.6. The Morgan fingerprint density at radius 1 is 1.03 bits per heavy atom. The number of amides is 1. The van der Waals surface area contributed by atoms with E-state index >= 15 is 0 Å². The van der Waals surface area contributed by atoms with E-state index in [0.29, 0.717) is 36.2 Å². The molecule has 0 aliphatic heterocycles. The summed E-state index contributed by atoms with van der Waals surface area (Å²) in [5.41, 5.74) is 1.77. The van der Waals surface area contributed by atoms with Gasteiger partial charge in [0, 0.05) is 11.6 Å². The molecule has 0 saturated heterocycles. The van der Waals surface area contributed by atoms with Gasteiger partial charge < -0.3 is 18.9 Å². The highest BCUT2D eigenvalue weighted by Gasteiger charge is 2.27. The fourth-order valence-electron chi connectivity index (χ4n) is 4.24. The highest BCUT2D eigenvalue weighted by Crippen LogP contribution is 2.31. The van der Waals surface area contributed by atoms with Gasteiger partial charge in [0.05, 0.1) is 20.6 Å². The predicted molar refractivity (Wildman–Crippen MR) is 120 cm³/mol. The minimum Gasteiger partial charge on any atom is -0.493 e. The average Bonchev–Trinajstić information content (AvgIpc) is 3.32. The van der Waals surface area contributed by atoms with Gasteiger partial charge in [-0.2, -0.15) is 4.98 Å². The number of aromatic nitrogens is 2. The van der Waals surface area contributed by atoms with Gasteiger partial charge in [0.1, 0.15) is 6.54 Å². The summed E-state index contributed by atoms with van der Waals surface area (Å²) in [6, 6.07) is 15.5. The van der Waals surface area contributed by atoms with Crippen molar-refractivity contribution in [3.05, 3.63) is 60.0 Å². The zero-order chi connectivity index (χ0) is 22.3. The van der Waals surface area contributed by atoms with Gasteiger partial charge in [-0.15, -0.1) is 0 Å². The summed E-state index contributed by atoms with van der Waals surface area (Å²) in [6.07, 6.45) is 5.89. The highest BCUT2D eigenvalue weighted by atomic mass is 16.5. The molecule has 0 N–H and O–H groups in total. The van der Waals surface area contributed by atoms with Crippen molar-refractivity contribution in [2.75, 3.05) is 14.2 Å². The van der Waals surface area contributed by atoms with Crippen LogP contribution in [0.1, 0.15) is 43.6 Å². The van der Waals surface area contributed by atoms with E-state index in [2.05, 4.69) is 10.1 Å². The van der Waals surface area contributed by atoms with Gasteiger partial charge in [0.15, 0.2) is 11.5 Å². The second kappa shape index (κ2) is 10.3. The monoisotopic (exact) mass is 435 g/mol. The van der Waals surface area contributed by atoms with Crippen LogP contribution in [-0.2, 0) is 17.8 Å². The standard InChI is InChI=1S/C25H29N3O4/c1-30-21-14-13-19(16-22(21)31-2)25-26-23(32-27-25)17-28(20-11-7-4-8-12-20)24(29)15-18-9-5-3-6-10-18/h3,5-6,9-10,13-14,16,20H,4,7-8,11-12,15,17H2,1-2H3. The molecule has 0 atom stereocenters. The van der Waals surface area contributed by atoms with E-state index in [1.807, 2.05) is 53.4 Å². The molecule has 1 aromatic heterocycles. The molecule has 0 spiro atoms. The van der Waals surface area contributed by atoms with Crippen molar-refractivity contribution in [1.82, 2.24) is 15.0 Å². The molecule has 0 unspecified atom stereocenters. The molecule has 1 aliphatic carbocycles. The molecule has 2 aromatic carbocycles. The summed E-state index contributed by atoms with van der Waals surface area (Å²) in [7, 11) is 3.18. The molecule has 3 aromatic rings. The molecule has 1 aliphatic rings. The van der Waals surface area contributed by atoms with Crippen LogP contribution in [0.4, 0.5) is 0 Å². The van der Waals surface area contributed by atoms with E-state index in [0.717, 1.165) is 36.8 Å². The lowest BCUT2D eigenvalue weighted by Gasteiger charge is -2.33. The van der Waals surface area contributed by atoms with Gasteiger partial charge in [-0.1, -0.05) is 54.8 Å². The van der Waals surface area contributed by atoms with Crippen molar-refractivity contribution >= 4 is 5.91 Å². The second-order valence-electron chi connectivity index (χ2n) is 8.06. The third-order valence-electron chi connectivity index (χ3n) is 5.95. The van der Waals surface area contributed by atoms with Crippen molar-refractivity contribution in [2.45, 2.75) is 51.1 Å². The first-order chi connectivity index (χ1) is 15.7. The van der Waals surface area contributed by atoms with Crippen LogP contribution in [-0.4, -0.2) is 41.2 Å². The van der Waals surface area contributed by atoms with Crippen LogP contribution in [0, 0.1) is 0 Å². The quantitative estimate of drug-likeness (QED) is 0.512. The molecule has 1 heterocycles. The van der Waals surface area contributed by atoms with Gasteiger partial charge in [-0.3, -0.25) is 4.79 Å². The number of methoxy groups -OCH3 is 2. The lowest BCUT2D eigenvalue weighted by molar-refractivity contribution is -0.134. The molecule has 168 valence electrons. The van der Waals surface area contributed by atoms with E-state index in [1.54, 1.807) is 14.2 Å². The van der Waals surface area contributed by atoms with Crippen LogP contribution >= 0.6 is 0 Å². The van der Waals surface area contributed by atoms with Crippen molar-refractivity contribution in [3.63, 3.8) is 0 Å². The molecular weight excluding hydrogens is 406 g/mol. The number of ether oxygens (including phenoxy) is 2. The lowest BCUT2D eigenvalue weighted by Crippen LogP contribution is -2.41. The van der Waals surface area contributed by atoms with Gasteiger partial charge >= 0.3 is 0 Å². The van der Waals surface area contributed by atoms with Crippen LogP contribution < -0.4 is 9.47 Å². The third-order valence-corrected chi connectivity index (χ3v) is 5.95. The minimum atomic E-state index is 0.0916. The maximum Gasteiger partial charge on any atom is 0.246 e. The SMILES string of the molecule is COc1ccc(-c2noc(CN(C(=O)Cc3ccccc3)C3CCCCC3)n2)cc1OC. The van der Waals surface area contributed by atoms with Crippen molar-refractivity contribution in [3.8, 4) is 22.9 Å². The van der Waals surface area contributed by atoms with Crippen LogP contribution in [0.5, 0.6) is 11.5 Å². The summed E-state index contributed by atoms with van der Waals surface area (Å²) in [5.74, 6) is 2.21. The van der Waals surface area contributed by atoms with E-state index in [9.17, 15) is 4.79 Å². The number of rotatable bonds is 8. The highest BCUT2D eigenvalue weighted by molar-refractivity contribution is 5.79. The van der Waals surface area contributed by atoms with Gasteiger partial charge in [-0.25, -0.2) is 0 Å². The molecule has 4 rings (SSSR count). The number of carbonyl (C=O) groups is 1. The molecule has 0 radical (unpaired) electrons. The van der Waals surface area contributed by atoms with E-state index in [1.165, 1.54) is 6.42 Å². The van der Waals surface area contributed by atoms with Crippen molar-refractivity contribution < 1.29 is 18.8 Å². The molecule has 1 amide bonds. The summed E-state index contributed by atoms with van der Waals surface area (Å²) in [5, 5.41) is 4.14. The fourth-order valence-corrected chi connectivity index (χ4v) is 4.24. The number of nitrogens with zero attached hydrogens (tertiary/aromatic N) is 3. The fraction of sp³-hybridized carbons (Fsp3) is 0.400. The first kappa shape index (κ1) is 21.9. The normalized spacial score (nSPS) is 14.2. The van der Waals surface area contributed by atoms with Gasteiger partial charge in [-0.05, 0) is 36.6 Å². The Balaban J connectivity index is 1.53. The number of hydrogen-bond acceptors (Lipinski definition) is 6. The number of benzene rings is 2. The van der Waals surface area contributed by atoms with Gasteiger partial charge in [0.25, 0.3) is 0 Å². The minimum absolute atomic E-state index is 0.0916. The van der Waals surface area contributed by atoms with E-state index in [-0.39, 0.29) is 11.9 Å². The molecule has 7 heteroatoms. The van der Waals surface area contributed by atoms with Crippen LogP contribution in [0.25, 0.3) is 11.4 Å². The maximum absolute atomic E-state index is 13.3. The predicted octanol–water partition coefficient (Wildman–Crippen LogP) is 4.66. The van der Waals surface area contributed by atoms with Crippen LogP contribution in [0.3, 0.4) is 0 Å². The Hall–Kier alpha value is -3.35. The molecule has 7 nitrogen and oxygen atoms in total. The van der Waals surface area contributed by atoms with Crippen molar-refractivity contribution in [1.29, 1.82) is 0 Å². The second-order valence-corrected chi connectivity index (χ2v) is 8.06. The topological polar surface area (TPSA) is 77.7 Å². The largest absolute Gasteiger partial charge is 0.493 e. The van der Waals surface area contributed by atoms with E-state index in [4.69, 9.17) is 14.0 Å². The van der Waals surface area contributed by atoms with Crippen LogP contribution in [0.15, 0.2) is 53.1 Å². The summed E-state index contributed by atoms with van der Waals surface area (Å²) in [4.78, 5) is 19.7. The Bertz CT molecular complexity index is 1030. The van der Waals surface area contributed by atoms with E-state index < -0.39 is 0 Å². The Labute approximate surface area is 188 Å². The van der Waals surface area contributed by atoms with Crippen molar-refractivity contribution in [2.24, 2.45) is 0 Å². The number of hydrogen-bond donors (Lipinski definition) is 0. The molecule has 32 heavy (non-hydrogen) atoms. The smallest absolute Gasteiger partial charge is 0.246 e. The molecule has 1 fully saturated rings. The molecular formula is C25H29N3O4. The Morgan fingerprint density at radius 2 is 1.78 bits per heavy atom. The zero-order valence-corrected chi connectivity index (χ0v) is 18.6. The molecule has 1 saturated carbocycles. The maximum atomic E-state index is 13.3. The lowest BCUT2D eigenvalue weighted by atomic mass is 9.93. The first-order valence-electron chi connectivity index (χ1n) is 11.1. The summed E-state index contributed by atoms with van der Waals surface area (Å²) < 4.78 is 16.2. The Morgan fingerprint density at radius 3 is 2.50 bits per heavy atom. The van der Waals surface area contributed by atoms with Gasteiger partial charge in [0.2, 0.25) is 17.6 Å².